The molecular weight excluding hydrogens is 462 g/mol. The Labute approximate surface area is 191 Å². The Morgan fingerprint density at radius 3 is 2.39 bits per heavy atom. The van der Waals surface area contributed by atoms with Crippen molar-refractivity contribution >= 4 is 34.3 Å². The van der Waals surface area contributed by atoms with E-state index in [2.05, 4.69) is 15.1 Å². The first-order valence-corrected chi connectivity index (χ1v) is 11.9. The molecule has 4 N–H and O–H groups in total. The zero-order chi connectivity index (χ0) is 24.8. The van der Waals surface area contributed by atoms with Crippen molar-refractivity contribution < 1.29 is 41.5 Å². The minimum atomic E-state index is -4.92. The van der Waals surface area contributed by atoms with Gasteiger partial charge in [-0.2, -0.15) is 13.5 Å². The van der Waals surface area contributed by atoms with Crippen LogP contribution in [0, 0.1) is 5.41 Å². The molecule has 3 atom stereocenters. The number of amides is 5. The summed E-state index contributed by atoms with van der Waals surface area (Å²) in [4.78, 5) is 52.6. The summed E-state index contributed by atoms with van der Waals surface area (Å²) in [5, 5.41) is 10.2. The zero-order valence-electron chi connectivity index (χ0n) is 18.6. The third kappa shape index (κ3) is 4.56. The third-order valence-electron chi connectivity index (χ3n) is 6.58. The van der Waals surface area contributed by atoms with Crippen molar-refractivity contribution in [2.75, 3.05) is 13.1 Å². The van der Waals surface area contributed by atoms with E-state index in [0.717, 1.165) is 9.80 Å². The number of hydrazine groups is 1. The van der Waals surface area contributed by atoms with Gasteiger partial charge >= 0.3 is 22.5 Å². The number of urea groups is 1. The number of nitrogens with one attached hydrogen (secondary N) is 2. The van der Waals surface area contributed by atoms with Gasteiger partial charge in [-0.15, -0.1) is 4.28 Å². The number of hydrogen-bond acceptors (Lipinski definition) is 7. The fourth-order valence-electron chi connectivity index (χ4n) is 5.00. The molecule has 3 heterocycles. The predicted octanol–water partition coefficient (Wildman–Crippen LogP) is 0.0856. The van der Waals surface area contributed by atoms with E-state index in [1.54, 1.807) is 20.8 Å². The van der Waals surface area contributed by atoms with Gasteiger partial charge in [-0.05, 0) is 37.5 Å². The number of hydroxylamine groups is 2. The van der Waals surface area contributed by atoms with Crippen LogP contribution in [0.2, 0.25) is 0 Å². The predicted molar refractivity (Wildman–Crippen MR) is 110 cm³/mol. The fraction of sp³-hybridized carbons (Fsp3) is 0.778. The Kier molecular flexibility index (Phi) is 6.52. The Morgan fingerprint density at radius 1 is 1.15 bits per heavy atom. The van der Waals surface area contributed by atoms with E-state index in [-0.39, 0.29) is 32.4 Å². The molecule has 0 aliphatic carbocycles. The maximum absolute atomic E-state index is 13.3. The molecule has 0 aromatic carbocycles. The number of hydrogen-bond donors (Lipinski definition) is 4. The molecule has 3 aliphatic rings. The number of nitrogens with zero attached hydrogens (tertiary/aromatic N) is 3. The maximum atomic E-state index is 13.3. The number of carbonyl (C=O) groups is 4. The van der Waals surface area contributed by atoms with Crippen molar-refractivity contribution in [1.29, 1.82) is 0 Å². The van der Waals surface area contributed by atoms with Crippen molar-refractivity contribution in [2.45, 2.75) is 70.5 Å². The van der Waals surface area contributed by atoms with Crippen LogP contribution < -0.4 is 10.9 Å². The van der Waals surface area contributed by atoms with Crippen LogP contribution in [-0.2, 0) is 24.3 Å². The molecule has 3 fully saturated rings. The zero-order valence-corrected chi connectivity index (χ0v) is 19.4. The standard InChI is InChI=1S/C18H29N5O9S/c1-17(2,3)18(8-4-5-9-22(18)16(27)28)14(25)20-19-13(24)12-7-6-11-10-21(12)15(26)23(11)32-33(29,30)31/h11-12H,4-10H2,1-3H3,(H,19,24)(H,20,25)(H,27,28)(H,29,30,31)/t11-,12+,18-/m1/s1. The number of carboxylic acid groups (broad SMARTS) is 1. The minimum absolute atomic E-state index is 0.000886. The molecular formula is C18H29N5O9S. The molecule has 0 aromatic heterocycles. The number of carbonyl (C=O) groups excluding carboxylic acids is 3. The highest BCUT2D eigenvalue weighted by Gasteiger charge is 2.56. The largest absolute Gasteiger partial charge is 0.465 e. The van der Waals surface area contributed by atoms with Crippen molar-refractivity contribution in [3.8, 4) is 0 Å². The van der Waals surface area contributed by atoms with E-state index < -0.39 is 57.4 Å². The molecule has 0 unspecified atom stereocenters. The molecule has 0 radical (unpaired) electrons. The van der Waals surface area contributed by atoms with E-state index in [9.17, 15) is 32.7 Å². The second-order valence-corrected chi connectivity index (χ2v) is 10.5. The average molecular weight is 492 g/mol. The highest BCUT2D eigenvalue weighted by atomic mass is 32.3. The number of fused-ring (bicyclic) bond motifs is 2. The monoisotopic (exact) mass is 491 g/mol. The van der Waals surface area contributed by atoms with Crippen LogP contribution in [0.3, 0.4) is 0 Å². The first kappa shape index (κ1) is 25.0. The molecule has 0 saturated carbocycles. The van der Waals surface area contributed by atoms with E-state index in [1.807, 2.05) is 0 Å². The number of piperidine rings is 2. The molecule has 15 heteroatoms. The molecule has 3 rings (SSSR count). The van der Waals surface area contributed by atoms with Gasteiger partial charge in [-0.3, -0.25) is 29.9 Å². The Hall–Kier alpha value is -2.65. The van der Waals surface area contributed by atoms with Crippen LogP contribution in [0.25, 0.3) is 0 Å². The Bertz CT molecular complexity index is 949. The second-order valence-electron chi connectivity index (χ2n) is 9.45. The quantitative estimate of drug-likeness (QED) is 0.312. The van der Waals surface area contributed by atoms with Crippen LogP contribution >= 0.6 is 0 Å². The van der Waals surface area contributed by atoms with Gasteiger partial charge in [0, 0.05) is 13.1 Å². The SMILES string of the molecule is CC(C)(C)[C@]1(C(=O)NNC(=O)[C@@H]2CC[C@@H]3CN2C(=O)N3OS(=O)(=O)O)CCCCN1C(=O)O. The fourth-order valence-corrected chi connectivity index (χ4v) is 5.39. The summed E-state index contributed by atoms with van der Waals surface area (Å²) in [5.74, 6) is -1.39. The average Bonchev–Trinajstić information content (AvgIpc) is 2.94. The van der Waals surface area contributed by atoms with Gasteiger partial charge in [0.2, 0.25) is 0 Å². The summed E-state index contributed by atoms with van der Waals surface area (Å²) in [5.41, 5.74) is 2.44. The van der Waals surface area contributed by atoms with Gasteiger partial charge in [0.15, 0.2) is 0 Å². The van der Waals surface area contributed by atoms with Crippen molar-refractivity contribution in [1.82, 2.24) is 25.7 Å². The molecule has 0 spiro atoms. The summed E-state index contributed by atoms with van der Waals surface area (Å²) in [6, 6.07) is -2.58. The highest BCUT2D eigenvalue weighted by molar-refractivity contribution is 7.80. The number of likely N-dealkylation sites (tertiary alicyclic amines) is 1. The van der Waals surface area contributed by atoms with Gasteiger partial charge in [0.1, 0.15) is 11.6 Å². The van der Waals surface area contributed by atoms with Crippen LogP contribution in [0.5, 0.6) is 0 Å². The summed E-state index contributed by atoms with van der Waals surface area (Å²) < 4.78 is 35.2. The normalized spacial score (nSPS) is 28.0. The second kappa shape index (κ2) is 8.61. The Morgan fingerprint density at radius 2 is 1.82 bits per heavy atom. The molecule has 186 valence electrons. The summed E-state index contributed by atoms with van der Waals surface area (Å²) >= 11 is 0. The lowest BCUT2D eigenvalue weighted by Gasteiger charge is -2.51. The molecule has 33 heavy (non-hydrogen) atoms. The molecule has 2 bridgehead atoms. The van der Waals surface area contributed by atoms with Crippen LogP contribution in [0.4, 0.5) is 9.59 Å². The minimum Gasteiger partial charge on any atom is -0.465 e. The number of rotatable bonds is 4. The van der Waals surface area contributed by atoms with E-state index in [1.165, 1.54) is 0 Å². The van der Waals surface area contributed by atoms with Crippen LogP contribution in [-0.4, -0.2) is 87.6 Å². The smallest absolute Gasteiger partial charge is 0.418 e. The van der Waals surface area contributed by atoms with Gasteiger partial charge < -0.3 is 10.0 Å². The van der Waals surface area contributed by atoms with Crippen molar-refractivity contribution in [2.24, 2.45) is 5.41 Å². The summed E-state index contributed by atoms with van der Waals surface area (Å²) in [7, 11) is -4.92. The Balaban J connectivity index is 1.72. The van der Waals surface area contributed by atoms with Crippen molar-refractivity contribution in [3.63, 3.8) is 0 Å². The van der Waals surface area contributed by atoms with Gasteiger partial charge in [0.25, 0.3) is 11.8 Å². The summed E-state index contributed by atoms with van der Waals surface area (Å²) in [6.45, 7) is 5.44. The van der Waals surface area contributed by atoms with E-state index >= 15 is 0 Å². The van der Waals surface area contributed by atoms with E-state index in [0.29, 0.717) is 17.9 Å². The van der Waals surface area contributed by atoms with Gasteiger partial charge in [-0.25, -0.2) is 9.59 Å². The molecule has 3 aliphatic heterocycles. The van der Waals surface area contributed by atoms with Gasteiger partial charge in [0.05, 0.1) is 6.04 Å². The topological polar surface area (TPSA) is 186 Å². The summed E-state index contributed by atoms with van der Waals surface area (Å²) in [6.07, 6.45) is 0.690. The van der Waals surface area contributed by atoms with Gasteiger partial charge in [-0.1, -0.05) is 20.8 Å². The third-order valence-corrected chi connectivity index (χ3v) is 6.93. The lowest BCUT2D eigenvalue weighted by atomic mass is 9.67. The molecule has 14 nitrogen and oxygen atoms in total. The maximum Gasteiger partial charge on any atom is 0.418 e. The highest BCUT2D eigenvalue weighted by Crippen LogP contribution is 2.43. The molecule has 5 amide bonds. The first-order chi connectivity index (χ1) is 15.2. The van der Waals surface area contributed by atoms with Crippen LogP contribution in [0.15, 0.2) is 0 Å². The lowest BCUT2D eigenvalue weighted by Crippen LogP contribution is -2.70. The molecule has 0 aromatic rings. The van der Waals surface area contributed by atoms with Crippen LogP contribution in [0.1, 0.15) is 52.9 Å². The lowest BCUT2D eigenvalue weighted by molar-refractivity contribution is -0.147. The van der Waals surface area contributed by atoms with Crippen molar-refractivity contribution in [3.05, 3.63) is 0 Å². The van der Waals surface area contributed by atoms with E-state index in [4.69, 9.17) is 4.55 Å². The first-order valence-electron chi connectivity index (χ1n) is 10.6. The molecule has 3 saturated heterocycles.